The van der Waals surface area contributed by atoms with Crippen molar-refractivity contribution in [3.05, 3.63) is 69.4 Å². The van der Waals surface area contributed by atoms with Gasteiger partial charge in [-0.05, 0) is 24.3 Å². The van der Waals surface area contributed by atoms with Crippen LogP contribution >= 0.6 is 11.6 Å². The number of carboxylic acids is 1. The monoisotopic (exact) mass is 617 g/mol. The smallest absolute Gasteiger partial charge is 0.442 e. The van der Waals surface area contributed by atoms with Crippen LogP contribution in [0.25, 0.3) is 0 Å². The minimum absolute atomic E-state index is 0.304. The highest BCUT2D eigenvalue weighted by atomic mass is 35.5. The van der Waals surface area contributed by atoms with Gasteiger partial charge in [0.1, 0.15) is 24.6 Å². The third-order valence-corrected chi connectivity index (χ3v) is 7.12. The second-order valence-corrected chi connectivity index (χ2v) is 11.3. The maximum Gasteiger partial charge on any atom is 0.442 e. The molecule has 1 aromatic heterocycles. The van der Waals surface area contributed by atoms with E-state index in [-0.39, 0.29) is 0 Å². The fraction of sp³-hybridized carbons (Fsp3) is 0.414. The first-order valence-corrected chi connectivity index (χ1v) is 13.6. The van der Waals surface area contributed by atoms with Gasteiger partial charge < -0.3 is 24.1 Å². The molecule has 0 radical (unpaired) electrons. The molecular formula is C29H32ClN3O10. The molecule has 4 rings (SSSR count). The number of rotatable bonds is 9. The van der Waals surface area contributed by atoms with E-state index in [1.165, 1.54) is 26.0 Å². The summed E-state index contributed by atoms with van der Waals surface area (Å²) in [6, 6.07) is 8.28. The number of amides is 1. The standard InChI is InChI=1S/C29H32ClN3O10/c1-15(34)41-27(29(2,3)4)33-19-11-10-16(30)12-18(19)23(17-8-7-9-21(39-5)24(17)40-6)42-22(25(33)35)13-20(26(36)37)32-14-31-43-28(32)38/h7-12,14,20,22-23,27H,13H2,1-6H3,(H,36,37). The molecule has 3 aromatic rings. The summed E-state index contributed by atoms with van der Waals surface area (Å²) in [7, 11) is 2.91. The number of para-hydroxylation sites is 1. The quantitative estimate of drug-likeness (QED) is 0.346. The molecule has 4 unspecified atom stereocenters. The van der Waals surface area contributed by atoms with Crippen LogP contribution in [0.4, 0.5) is 5.69 Å². The maximum atomic E-state index is 14.5. The van der Waals surface area contributed by atoms with Gasteiger partial charge in [-0.2, -0.15) is 0 Å². The highest BCUT2D eigenvalue weighted by Crippen LogP contribution is 2.47. The van der Waals surface area contributed by atoms with E-state index in [2.05, 4.69) is 9.68 Å². The minimum Gasteiger partial charge on any atom is -0.493 e. The van der Waals surface area contributed by atoms with Gasteiger partial charge in [0.15, 0.2) is 17.7 Å². The first kappa shape index (κ1) is 31.6. The number of methoxy groups -OCH3 is 2. The molecule has 1 aliphatic rings. The molecule has 43 heavy (non-hydrogen) atoms. The van der Waals surface area contributed by atoms with Crippen LogP contribution in [-0.4, -0.2) is 59.2 Å². The van der Waals surface area contributed by atoms with Crippen molar-refractivity contribution in [2.75, 3.05) is 19.1 Å². The van der Waals surface area contributed by atoms with Crippen LogP contribution in [-0.2, 0) is 23.9 Å². The van der Waals surface area contributed by atoms with Crippen molar-refractivity contribution in [1.29, 1.82) is 0 Å². The molecule has 2 aromatic carbocycles. The number of hydrogen-bond donors (Lipinski definition) is 1. The Hall–Kier alpha value is -4.36. The van der Waals surface area contributed by atoms with E-state index in [0.29, 0.717) is 33.3 Å². The van der Waals surface area contributed by atoms with E-state index in [4.69, 9.17) is 30.5 Å². The number of hydrogen-bond acceptors (Lipinski definition) is 10. The molecule has 0 fully saturated rings. The van der Waals surface area contributed by atoms with Crippen molar-refractivity contribution >= 4 is 35.1 Å². The zero-order chi connectivity index (χ0) is 31.6. The van der Waals surface area contributed by atoms with Gasteiger partial charge in [0, 0.05) is 34.9 Å². The van der Waals surface area contributed by atoms with E-state index >= 15 is 0 Å². The number of nitrogens with zero attached hydrogens (tertiary/aromatic N) is 3. The zero-order valence-electron chi connectivity index (χ0n) is 24.4. The molecule has 0 spiro atoms. The van der Waals surface area contributed by atoms with Crippen molar-refractivity contribution in [3.8, 4) is 11.5 Å². The number of benzene rings is 2. The second kappa shape index (κ2) is 12.5. The number of fused-ring (bicyclic) bond motifs is 1. The van der Waals surface area contributed by atoms with Gasteiger partial charge in [-0.15, -0.1) is 0 Å². The van der Waals surface area contributed by atoms with Gasteiger partial charge in [0.2, 0.25) is 0 Å². The number of ether oxygens (including phenoxy) is 4. The van der Waals surface area contributed by atoms with Gasteiger partial charge >= 0.3 is 17.7 Å². The molecule has 1 amide bonds. The lowest BCUT2D eigenvalue weighted by Gasteiger charge is -2.39. The predicted molar refractivity (Wildman–Crippen MR) is 152 cm³/mol. The number of anilines is 1. The van der Waals surface area contributed by atoms with Crippen LogP contribution in [0.1, 0.15) is 57.4 Å². The Morgan fingerprint density at radius 1 is 1.12 bits per heavy atom. The van der Waals surface area contributed by atoms with Crippen LogP contribution in [0.5, 0.6) is 11.5 Å². The van der Waals surface area contributed by atoms with Crippen LogP contribution in [0.3, 0.4) is 0 Å². The SMILES string of the molecule is COc1cccc(C2OC(CC(C(=O)O)n3cnoc3=O)C(=O)N(C(OC(C)=O)C(C)(C)C)c3ccc(Cl)cc32)c1OC. The molecule has 0 saturated heterocycles. The van der Waals surface area contributed by atoms with Crippen LogP contribution in [0, 0.1) is 5.41 Å². The van der Waals surface area contributed by atoms with Gasteiger partial charge in [0.05, 0.1) is 19.9 Å². The summed E-state index contributed by atoms with van der Waals surface area (Å²) in [6.07, 6.45) is -3.32. The third kappa shape index (κ3) is 6.37. The molecule has 2 heterocycles. The molecule has 1 N–H and O–H groups in total. The van der Waals surface area contributed by atoms with E-state index in [1.54, 1.807) is 57.2 Å². The number of carboxylic acid groups (broad SMARTS) is 1. The first-order chi connectivity index (χ1) is 20.3. The maximum absolute atomic E-state index is 14.5. The minimum atomic E-state index is -1.60. The summed E-state index contributed by atoms with van der Waals surface area (Å²) < 4.78 is 28.7. The summed E-state index contributed by atoms with van der Waals surface area (Å²) in [6.45, 7) is 6.57. The number of esters is 1. The van der Waals surface area contributed by atoms with Crippen molar-refractivity contribution in [2.45, 2.75) is 58.6 Å². The summed E-state index contributed by atoms with van der Waals surface area (Å²) in [4.78, 5) is 52.8. The average Bonchev–Trinajstić information content (AvgIpc) is 3.32. The topological polar surface area (TPSA) is 160 Å². The van der Waals surface area contributed by atoms with Gasteiger partial charge in [-0.1, -0.05) is 49.7 Å². The number of carbonyl (C=O) groups excluding carboxylic acids is 2. The van der Waals surface area contributed by atoms with E-state index in [1.807, 2.05) is 0 Å². The lowest BCUT2D eigenvalue weighted by molar-refractivity contribution is -0.155. The summed E-state index contributed by atoms with van der Waals surface area (Å²) in [5.41, 5.74) is 0.333. The molecule has 0 aliphatic carbocycles. The van der Waals surface area contributed by atoms with Crippen molar-refractivity contribution in [3.63, 3.8) is 0 Å². The fourth-order valence-electron chi connectivity index (χ4n) is 5.01. The van der Waals surface area contributed by atoms with Crippen LogP contribution in [0.15, 0.2) is 52.0 Å². The number of aliphatic carboxylic acids is 1. The normalized spacial score (nSPS) is 18.3. The Kier molecular flexibility index (Phi) is 9.16. The summed E-state index contributed by atoms with van der Waals surface area (Å²) >= 11 is 6.47. The zero-order valence-corrected chi connectivity index (χ0v) is 25.2. The molecule has 14 heteroatoms. The highest BCUT2D eigenvalue weighted by molar-refractivity contribution is 6.30. The third-order valence-electron chi connectivity index (χ3n) is 6.88. The number of halogens is 1. The van der Waals surface area contributed by atoms with Crippen molar-refractivity contribution in [1.82, 2.24) is 9.72 Å². The van der Waals surface area contributed by atoms with E-state index in [9.17, 15) is 24.3 Å². The Morgan fingerprint density at radius 2 is 1.84 bits per heavy atom. The Morgan fingerprint density at radius 3 is 2.40 bits per heavy atom. The Balaban J connectivity index is 2.01. The molecule has 1 aliphatic heterocycles. The van der Waals surface area contributed by atoms with Gasteiger partial charge in [-0.3, -0.25) is 19.0 Å². The lowest BCUT2D eigenvalue weighted by atomic mass is 9.91. The van der Waals surface area contributed by atoms with E-state index in [0.717, 1.165) is 10.9 Å². The number of carbonyl (C=O) groups is 3. The lowest BCUT2D eigenvalue weighted by Crippen LogP contribution is -2.53. The van der Waals surface area contributed by atoms with Crippen molar-refractivity contribution < 1.29 is 43.0 Å². The van der Waals surface area contributed by atoms with E-state index < -0.39 is 59.9 Å². The van der Waals surface area contributed by atoms with Crippen LogP contribution in [0.2, 0.25) is 5.02 Å². The largest absolute Gasteiger partial charge is 0.493 e. The Bertz CT molecular complexity index is 1580. The van der Waals surface area contributed by atoms with Crippen molar-refractivity contribution in [2.24, 2.45) is 5.41 Å². The predicted octanol–water partition coefficient (Wildman–Crippen LogP) is 3.98. The number of aromatic nitrogens is 2. The highest BCUT2D eigenvalue weighted by Gasteiger charge is 2.46. The summed E-state index contributed by atoms with van der Waals surface area (Å²) in [5, 5.41) is 13.8. The fourth-order valence-corrected chi connectivity index (χ4v) is 5.19. The second-order valence-electron chi connectivity index (χ2n) is 10.9. The molecule has 4 atom stereocenters. The molecule has 0 saturated carbocycles. The molecular weight excluding hydrogens is 586 g/mol. The summed E-state index contributed by atoms with van der Waals surface area (Å²) in [5.74, 6) is -3.14. The van der Waals surface area contributed by atoms with Gasteiger partial charge in [0.25, 0.3) is 5.91 Å². The van der Waals surface area contributed by atoms with Crippen LogP contribution < -0.4 is 20.1 Å². The molecule has 230 valence electrons. The molecule has 0 bridgehead atoms. The van der Waals surface area contributed by atoms with Gasteiger partial charge in [-0.25, -0.2) is 14.2 Å². The Labute approximate surface area is 251 Å². The molecule has 13 nitrogen and oxygen atoms in total. The average molecular weight is 618 g/mol. The first-order valence-electron chi connectivity index (χ1n) is 13.2.